The Hall–Kier alpha value is -4.67. The van der Waals surface area contributed by atoms with E-state index in [4.69, 9.17) is 20.3 Å². The molecule has 1 atom stereocenters. The first-order chi connectivity index (χ1) is 20.0. The predicted octanol–water partition coefficient (Wildman–Crippen LogP) is 4.51. The van der Waals surface area contributed by atoms with E-state index in [9.17, 15) is 9.59 Å². The van der Waals surface area contributed by atoms with Gasteiger partial charge >= 0.3 is 6.09 Å². The van der Waals surface area contributed by atoms with Gasteiger partial charge in [0, 0.05) is 37.7 Å². The zero-order chi connectivity index (χ0) is 28.3. The number of aromatic nitrogens is 4. The summed E-state index contributed by atoms with van der Waals surface area (Å²) >= 11 is 0. The fourth-order valence-corrected chi connectivity index (χ4v) is 5.81. The van der Waals surface area contributed by atoms with Crippen LogP contribution in [-0.4, -0.2) is 74.8 Å². The van der Waals surface area contributed by atoms with Crippen molar-refractivity contribution in [3.8, 4) is 22.8 Å². The van der Waals surface area contributed by atoms with E-state index in [-0.39, 0.29) is 24.0 Å². The number of para-hydroxylation sites is 1. The Bertz CT molecular complexity index is 1530. The Morgan fingerprint density at radius 1 is 0.902 bits per heavy atom. The fraction of sp³-hybridized carbons (Fsp3) is 0.367. The summed E-state index contributed by atoms with van der Waals surface area (Å²) in [6.07, 6.45) is 4.12. The second-order valence-corrected chi connectivity index (χ2v) is 10.5. The zero-order valence-corrected chi connectivity index (χ0v) is 23.0. The molecule has 4 aromatic rings. The second-order valence-electron chi connectivity index (χ2n) is 10.5. The van der Waals surface area contributed by atoms with Gasteiger partial charge in [0.2, 0.25) is 5.91 Å². The summed E-state index contributed by atoms with van der Waals surface area (Å²) in [6.45, 7) is 2.30. The Morgan fingerprint density at radius 3 is 2.37 bits per heavy atom. The summed E-state index contributed by atoms with van der Waals surface area (Å²) in [4.78, 5) is 37.7. The SMILES string of the molecule is COC(=O)N1CCC(C(=O)N2CCC[C@@H](n3nc(-c4ccc(Oc5ccccc5)cc4)c4c(N)ncnc43)C2)CC1. The molecule has 11 heteroatoms. The third kappa shape index (κ3) is 5.39. The third-order valence-electron chi connectivity index (χ3n) is 7.96. The average Bonchev–Trinajstić information content (AvgIpc) is 3.42. The predicted molar refractivity (Wildman–Crippen MR) is 153 cm³/mol. The van der Waals surface area contributed by atoms with Crippen LogP contribution in [0, 0.1) is 5.92 Å². The number of nitrogens with zero attached hydrogens (tertiary/aromatic N) is 6. The minimum Gasteiger partial charge on any atom is -0.457 e. The minimum absolute atomic E-state index is 0.0471. The molecule has 0 bridgehead atoms. The number of likely N-dealkylation sites (tertiary alicyclic amines) is 2. The molecule has 6 rings (SSSR count). The van der Waals surface area contributed by atoms with Crippen LogP contribution in [0.5, 0.6) is 11.5 Å². The van der Waals surface area contributed by atoms with Crippen LogP contribution < -0.4 is 10.5 Å². The molecule has 0 spiro atoms. The van der Waals surface area contributed by atoms with Crippen molar-refractivity contribution in [3.05, 3.63) is 60.9 Å². The van der Waals surface area contributed by atoms with E-state index in [1.54, 1.807) is 4.90 Å². The highest BCUT2D eigenvalue weighted by Crippen LogP contribution is 2.35. The van der Waals surface area contributed by atoms with Crippen LogP contribution in [0.2, 0.25) is 0 Å². The van der Waals surface area contributed by atoms with Crippen molar-refractivity contribution in [2.45, 2.75) is 31.7 Å². The second kappa shape index (κ2) is 11.4. The van der Waals surface area contributed by atoms with Crippen molar-refractivity contribution in [2.24, 2.45) is 5.92 Å². The van der Waals surface area contributed by atoms with Crippen molar-refractivity contribution >= 4 is 28.9 Å². The van der Waals surface area contributed by atoms with E-state index in [1.165, 1.54) is 13.4 Å². The number of benzene rings is 2. The van der Waals surface area contributed by atoms with E-state index >= 15 is 0 Å². The summed E-state index contributed by atoms with van der Waals surface area (Å²) in [5.74, 6) is 1.87. The van der Waals surface area contributed by atoms with Gasteiger partial charge < -0.3 is 25.0 Å². The lowest BCUT2D eigenvalue weighted by Gasteiger charge is -2.37. The Kier molecular flexibility index (Phi) is 7.41. The first-order valence-electron chi connectivity index (χ1n) is 14.0. The number of nitrogen functional groups attached to an aromatic ring is 1. The summed E-state index contributed by atoms with van der Waals surface area (Å²) in [7, 11) is 1.38. The van der Waals surface area contributed by atoms with Crippen LogP contribution in [0.1, 0.15) is 31.7 Å². The molecule has 2 fully saturated rings. The number of methoxy groups -OCH3 is 1. The maximum Gasteiger partial charge on any atom is 0.409 e. The number of hydrogen-bond acceptors (Lipinski definition) is 8. The smallest absolute Gasteiger partial charge is 0.409 e. The summed E-state index contributed by atoms with van der Waals surface area (Å²) in [5, 5.41) is 5.70. The first kappa shape index (κ1) is 26.5. The lowest BCUT2D eigenvalue weighted by Crippen LogP contribution is -2.47. The van der Waals surface area contributed by atoms with E-state index < -0.39 is 0 Å². The summed E-state index contributed by atoms with van der Waals surface area (Å²) < 4.78 is 12.7. The highest BCUT2D eigenvalue weighted by atomic mass is 16.5. The van der Waals surface area contributed by atoms with Gasteiger partial charge in [-0.2, -0.15) is 5.10 Å². The Morgan fingerprint density at radius 2 is 1.63 bits per heavy atom. The molecule has 2 aliphatic rings. The van der Waals surface area contributed by atoms with Crippen molar-refractivity contribution in [1.82, 2.24) is 29.5 Å². The van der Waals surface area contributed by atoms with Crippen LogP contribution in [0.15, 0.2) is 60.9 Å². The van der Waals surface area contributed by atoms with Crippen molar-refractivity contribution in [3.63, 3.8) is 0 Å². The van der Waals surface area contributed by atoms with Crippen LogP contribution in [0.4, 0.5) is 10.6 Å². The van der Waals surface area contributed by atoms with Gasteiger partial charge in [-0.1, -0.05) is 18.2 Å². The number of amides is 2. The average molecular weight is 556 g/mol. The van der Waals surface area contributed by atoms with Crippen LogP contribution in [-0.2, 0) is 9.53 Å². The number of nitrogens with two attached hydrogens (primary N) is 1. The molecule has 2 N–H and O–H groups in total. The van der Waals surface area contributed by atoms with Crippen molar-refractivity contribution in [2.75, 3.05) is 39.0 Å². The van der Waals surface area contributed by atoms with Gasteiger partial charge in [-0.3, -0.25) is 4.79 Å². The molecule has 11 nitrogen and oxygen atoms in total. The van der Waals surface area contributed by atoms with Gasteiger partial charge in [0.15, 0.2) is 5.65 Å². The molecule has 0 saturated carbocycles. The molecule has 2 aromatic carbocycles. The molecule has 4 heterocycles. The number of fused-ring (bicyclic) bond motifs is 1. The van der Waals surface area contributed by atoms with Gasteiger partial charge in [0.05, 0.1) is 18.5 Å². The molecule has 2 saturated heterocycles. The third-order valence-corrected chi connectivity index (χ3v) is 7.96. The Balaban J connectivity index is 1.22. The fourth-order valence-electron chi connectivity index (χ4n) is 5.81. The molecule has 2 aliphatic heterocycles. The van der Waals surface area contributed by atoms with Crippen molar-refractivity contribution in [1.29, 1.82) is 0 Å². The van der Waals surface area contributed by atoms with Crippen molar-refractivity contribution < 1.29 is 19.1 Å². The number of rotatable bonds is 5. The standard InChI is InChI=1S/C30H33N7O4/c1-40-30(39)35-16-13-21(14-17-35)29(38)36-15-5-6-22(18-36)37-28-25(27(31)32-19-33-28)26(34-37)20-9-11-24(12-10-20)41-23-7-3-2-4-8-23/h2-4,7-12,19,21-22H,5-6,13-18H2,1H3,(H2,31,32,33)/t22-/m1/s1. The highest BCUT2D eigenvalue weighted by molar-refractivity contribution is 5.98. The normalized spacial score (nSPS) is 17.9. The highest BCUT2D eigenvalue weighted by Gasteiger charge is 2.34. The molecular weight excluding hydrogens is 522 g/mol. The number of ether oxygens (including phenoxy) is 2. The number of hydrogen-bond donors (Lipinski definition) is 1. The van der Waals surface area contributed by atoms with E-state index in [2.05, 4.69) is 9.97 Å². The lowest BCUT2D eigenvalue weighted by molar-refractivity contribution is -0.138. The number of piperidine rings is 2. The maximum atomic E-state index is 13.5. The number of anilines is 1. The van der Waals surface area contributed by atoms with E-state index in [0.29, 0.717) is 67.3 Å². The maximum absolute atomic E-state index is 13.5. The molecular formula is C30H33N7O4. The van der Waals surface area contributed by atoms with E-state index in [0.717, 1.165) is 24.2 Å². The molecule has 0 radical (unpaired) electrons. The molecule has 212 valence electrons. The summed E-state index contributed by atoms with van der Waals surface area (Å²) in [6, 6.07) is 17.3. The first-order valence-corrected chi connectivity index (χ1v) is 14.0. The van der Waals surface area contributed by atoms with Gasteiger partial charge in [-0.05, 0) is 62.1 Å². The van der Waals surface area contributed by atoms with Gasteiger partial charge in [-0.15, -0.1) is 0 Å². The molecule has 2 aromatic heterocycles. The minimum atomic E-state index is -0.338. The van der Waals surface area contributed by atoms with Gasteiger partial charge in [0.25, 0.3) is 0 Å². The van der Waals surface area contributed by atoms with Crippen LogP contribution in [0.25, 0.3) is 22.3 Å². The zero-order valence-electron chi connectivity index (χ0n) is 23.0. The molecule has 0 unspecified atom stereocenters. The topological polar surface area (TPSA) is 129 Å². The number of carbonyl (C=O) groups excluding carboxylic acids is 2. The Labute approximate surface area is 237 Å². The lowest BCUT2D eigenvalue weighted by atomic mass is 9.94. The molecule has 0 aliphatic carbocycles. The quantitative estimate of drug-likeness (QED) is 0.381. The van der Waals surface area contributed by atoms with Crippen LogP contribution in [0.3, 0.4) is 0 Å². The monoisotopic (exact) mass is 555 g/mol. The molecule has 41 heavy (non-hydrogen) atoms. The van der Waals surface area contributed by atoms with Gasteiger partial charge in [0.1, 0.15) is 29.3 Å². The summed E-state index contributed by atoms with van der Waals surface area (Å²) in [5.41, 5.74) is 8.58. The van der Waals surface area contributed by atoms with Gasteiger partial charge in [-0.25, -0.2) is 19.4 Å². The largest absolute Gasteiger partial charge is 0.457 e. The van der Waals surface area contributed by atoms with E-state index in [1.807, 2.05) is 64.2 Å². The van der Waals surface area contributed by atoms with Crippen LogP contribution >= 0.6 is 0 Å². The number of carbonyl (C=O) groups is 2. The molecule has 2 amide bonds.